The average molecular weight is 243 g/mol. The van der Waals surface area contributed by atoms with E-state index >= 15 is 0 Å². The van der Waals surface area contributed by atoms with Gasteiger partial charge in [0.15, 0.2) is 9.84 Å². The standard InChI is InChI=1S/C11H14FNO2S/c1-7(2)13-10-6-16(14,15)11-4-3-8(12)5-9(10)11/h3-5,7,10,13H,6H2,1-2H3. The Labute approximate surface area is 94.6 Å². The molecule has 1 heterocycles. The van der Waals surface area contributed by atoms with E-state index in [1.807, 2.05) is 13.8 Å². The van der Waals surface area contributed by atoms with Crippen molar-refractivity contribution in [3.05, 3.63) is 29.6 Å². The van der Waals surface area contributed by atoms with Crippen LogP contribution >= 0.6 is 0 Å². The smallest absolute Gasteiger partial charge is 0.180 e. The van der Waals surface area contributed by atoms with E-state index in [0.29, 0.717) is 5.56 Å². The highest BCUT2D eigenvalue weighted by molar-refractivity contribution is 7.91. The first-order valence-corrected chi connectivity index (χ1v) is 6.83. The summed E-state index contributed by atoms with van der Waals surface area (Å²) in [6, 6.07) is 3.71. The summed E-state index contributed by atoms with van der Waals surface area (Å²) >= 11 is 0. The van der Waals surface area contributed by atoms with Crippen LogP contribution in [0, 0.1) is 5.82 Å². The van der Waals surface area contributed by atoms with E-state index < -0.39 is 15.7 Å². The zero-order valence-electron chi connectivity index (χ0n) is 9.20. The number of sulfone groups is 1. The van der Waals surface area contributed by atoms with E-state index in [-0.39, 0.29) is 22.7 Å². The van der Waals surface area contributed by atoms with Crippen LogP contribution in [0.3, 0.4) is 0 Å². The summed E-state index contributed by atoms with van der Waals surface area (Å²) in [5, 5.41) is 3.13. The maximum absolute atomic E-state index is 13.1. The number of rotatable bonds is 2. The average Bonchev–Trinajstić information content (AvgIpc) is 2.37. The molecule has 1 unspecified atom stereocenters. The molecule has 1 aliphatic heterocycles. The van der Waals surface area contributed by atoms with Gasteiger partial charge in [0, 0.05) is 12.1 Å². The van der Waals surface area contributed by atoms with Gasteiger partial charge < -0.3 is 5.32 Å². The lowest BCUT2D eigenvalue weighted by atomic mass is 10.1. The Balaban J connectivity index is 2.48. The fourth-order valence-corrected chi connectivity index (χ4v) is 3.74. The second-order valence-electron chi connectivity index (χ2n) is 4.34. The van der Waals surface area contributed by atoms with Gasteiger partial charge in [-0.3, -0.25) is 0 Å². The highest BCUT2D eigenvalue weighted by Gasteiger charge is 2.34. The van der Waals surface area contributed by atoms with Crippen LogP contribution in [0.5, 0.6) is 0 Å². The lowest BCUT2D eigenvalue weighted by Crippen LogP contribution is -2.29. The van der Waals surface area contributed by atoms with Crippen LogP contribution in [0.15, 0.2) is 23.1 Å². The molecule has 0 bridgehead atoms. The molecule has 0 fully saturated rings. The molecule has 0 saturated heterocycles. The third kappa shape index (κ3) is 1.97. The van der Waals surface area contributed by atoms with Crippen LogP contribution in [-0.4, -0.2) is 20.2 Å². The molecule has 0 aromatic heterocycles. The lowest BCUT2D eigenvalue weighted by molar-refractivity contribution is 0.505. The molecule has 0 radical (unpaired) electrons. The minimum absolute atomic E-state index is 0.0178. The van der Waals surface area contributed by atoms with Crippen molar-refractivity contribution in [2.75, 3.05) is 5.75 Å². The van der Waals surface area contributed by atoms with Crippen molar-refractivity contribution in [1.29, 1.82) is 0 Å². The van der Waals surface area contributed by atoms with Crippen LogP contribution in [0.25, 0.3) is 0 Å². The van der Waals surface area contributed by atoms with Crippen molar-refractivity contribution >= 4 is 9.84 Å². The fourth-order valence-electron chi connectivity index (χ4n) is 2.01. The Bertz CT molecular complexity index is 511. The molecule has 0 aliphatic carbocycles. The van der Waals surface area contributed by atoms with Crippen molar-refractivity contribution in [2.24, 2.45) is 0 Å². The summed E-state index contributed by atoms with van der Waals surface area (Å²) in [7, 11) is -3.25. The lowest BCUT2D eigenvalue weighted by Gasteiger charge is -2.15. The molecule has 88 valence electrons. The van der Waals surface area contributed by atoms with E-state index in [2.05, 4.69) is 5.32 Å². The van der Waals surface area contributed by atoms with Gasteiger partial charge in [-0.15, -0.1) is 0 Å². The number of halogens is 1. The fraction of sp³-hybridized carbons (Fsp3) is 0.455. The molecule has 5 heteroatoms. The van der Waals surface area contributed by atoms with Gasteiger partial charge in [-0.1, -0.05) is 13.8 Å². The van der Waals surface area contributed by atoms with E-state index in [1.165, 1.54) is 18.2 Å². The molecular weight excluding hydrogens is 229 g/mol. The molecule has 1 N–H and O–H groups in total. The quantitative estimate of drug-likeness (QED) is 0.803. The number of fused-ring (bicyclic) bond motifs is 1. The molecule has 1 aromatic rings. The largest absolute Gasteiger partial charge is 0.307 e. The van der Waals surface area contributed by atoms with Gasteiger partial charge in [-0.25, -0.2) is 12.8 Å². The van der Waals surface area contributed by atoms with Gasteiger partial charge >= 0.3 is 0 Å². The second-order valence-corrected chi connectivity index (χ2v) is 6.34. The van der Waals surface area contributed by atoms with Crippen LogP contribution in [0.2, 0.25) is 0 Å². The molecule has 1 atom stereocenters. The van der Waals surface area contributed by atoms with Gasteiger partial charge in [0.25, 0.3) is 0 Å². The van der Waals surface area contributed by atoms with E-state index in [9.17, 15) is 12.8 Å². The molecule has 0 amide bonds. The van der Waals surface area contributed by atoms with Gasteiger partial charge in [-0.05, 0) is 23.8 Å². The van der Waals surface area contributed by atoms with Gasteiger partial charge in [0.05, 0.1) is 10.6 Å². The molecular formula is C11H14FNO2S. The number of hydrogen-bond acceptors (Lipinski definition) is 3. The zero-order valence-corrected chi connectivity index (χ0v) is 10.0. The highest BCUT2D eigenvalue weighted by atomic mass is 32.2. The maximum Gasteiger partial charge on any atom is 0.180 e. The topological polar surface area (TPSA) is 46.2 Å². The van der Waals surface area contributed by atoms with Gasteiger partial charge in [0.2, 0.25) is 0 Å². The summed E-state index contributed by atoms with van der Waals surface area (Å²) in [4.78, 5) is 0.257. The first-order valence-electron chi connectivity index (χ1n) is 5.18. The Morgan fingerprint density at radius 3 is 2.75 bits per heavy atom. The summed E-state index contributed by atoms with van der Waals surface area (Å²) in [5.41, 5.74) is 0.550. The van der Waals surface area contributed by atoms with Gasteiger partial charge in [0.1, 0.15) is 5.82 Å². The molecule has 1 aromatic carbocycles. The minimum atomic E-state index is -3.25. The molecule has 2 rings (SSSR count). The summed E-state index contributed by atoms with van der Waals surface area (Å²) < 4.78 is 36.7. The van der Waals surface area contributed by atoms with E-state index in [4.69, 9.17) is 0 Å². The van der Waals surface area contributed by atoms with Crippen LogP contribution < -0.4 is 5.32 Å². The summed E-state index contributed by atoms with van der Waals surface area (Å²) in [5.74, 6) is -0.379. The number of benzene rings is 1. The molecule has 0 saturated carbocycles. The Hall–Kier alpha value is -0.940. The third-order valence-electron chi connectivity index (χ3n) is 2.60. The maximum atomic E-state index is 13.1. The summed E-state index contributed by atoms with van der Waals surface area (Å²) in [6.45, 7) is 3.87. The predicted octanol–water partition coefficient (Wildman–Crippen LogP) is 1.65. The number of hydrogen-bond donors (Lipinski definition) is 1. The van der Waals surface area contributed by atoms with Crippen molar-refractivity contribution < 1.29 is 12.8 Å². The first kappa shape index (κ1) is 11.5. The minimum Gasteiger partial charge on any atom is -0.307 e. The van der Waals surface area contributed by atoms with E-state index in [0.717, 1.165) is 0 Å². The Morgan fingerprint density at radius 2 is 2.12 bits per heavy atom. The second kappa shape index (κ2) is 3.82. The monoisotopic (exact) mass is 243 g/mol. The molecule has 3 nitrogen and oxygen atoms in total. The van der Waals surface area contributed by atoms with E-state index in [1.54, 1.807) is 0 Å². The normalized spacial score (nSPS) is 22.4. The third-order valence-corrected chi connectivity index (χ3v) is 4.42. The van der Waals surface area contributed by atoms with Crippen LogP contribution in [-0.2, 0) is 9.84 Å². The molecule has 1 aliphatic rings. The Morgan fingerprint density at radius 1 is 1.44 bits per heavy atom. The Kier molecular flexibility index (Phi) is 2.75. The first-order chi connectivity index (χ1) is 7.40. The van der Waals surface area contributed by atoms with Crippen molar-refractivity contribution in [3.8, 4) is 0 Å². The van der Waals surface area contributed by atoms with Gasteiger partial charge in [-0.2, -0.15) is 0 Å². The van der Waals surface area contributed by atoms with Crippen molar-refractivity contribution in [3.63, 3.8) is 0 Å². The van der Waals surface area contributed by atoms with Crippen LogP contribution in [0.1, 0.15) is 25.5 Å². The van der Waals surface area contributed by atoms with Crippen molar-refractivity contribution in [2.45, 2.75) is 30.8 Å². The SMILES string of the molecule is CC(C)NC1CS(=O)(=O)c2ccc(F)cc21. The highest BCUT2D eigenvalue weighted by Crippen LogP contribution is 2.33. The van der Waals surface area contributed by atoms with Crippen molar-refractivity contribution in [1.82, 2.24) is 5.32 Å². The number of nitrogens with one attached hydrogen (secondary N) is 1. The summed E-state index contributed by atoms with van der Waals surface area (Å²) in [6.07, 6.45) is 0. The molecule has 0 spiro atoms. The predicted molar refractivity (Wildman–Crippen MR) is 59.5 cm³/mol. The molecule has 16 heavy (non-hydrogen) atoms. The van der Waals surface area contributed by atoms with Crippen LogP contribution in [0.4, 0.5) is 4.39 Å². The zero-order chi connectivity index (χ0) is 11.9.